The van der Waals surface area contributed by atoms with E-state index in [1.807, 2.05) is 161 Å². The number of carboxylic acids is 2. The van der Waals surface area contributed by atoms with Crippen LogP contribution in [-0.4, -0.2) is 283 Å². The number of Topliss-reactive ketones (excluding diaryl/α,β-unsaturated/α-hetero) is 2. The third-order valence-electron chi connectivity index (χ3n) is 25.0. The van der Waals surface area contributed by atoms with Crippen molar-refractivity contribution in [2.45, 2.75) is 326 Å². The van der Waals surface area contributed by atoms with Crippen LogP contribution < -0.4 is 48.8 Å². The minimum absolute atomic E-state index is 0.0224. The molecule has 0 heterocycles. The SMILES string of the molecule is C=C(C)C(=O)OCCCC(=O)CCCNC(=O)C(C)(C)CC.C=C(C)C(=O)OCCCC(=O)CCCNC(=O)C(C)(C)CC.CCC(C)(C)C(=O)NCCC[N+](C)(C)CCCCS(=O)(=O)[O-].CCC(C)(C)C(=O)NCCC[N+](C)(C)CCCCS(=O)(=O)[O-].CCC(C)(C)C(=O)NCCN.CCC(C)(C)C(=O)NCCN.CCC(C)c1ccc(B(O)O)cc1.CCC(C)c1ccc(CN(CC(=O)O)CC(=O)O)cc1. The average molecular weight is 2070 g/mol. The maximum Gasteiger partial charge on any atom is 0.488 e. The highest BCUT2D eigenvalue weighted by atomic mass is 32.2. The lowest BCUT2D eigenvalue weighted by Crippen LogP contribution is -2.43. The van der Waals surface area contributed by atoms with Gasteiger partial charge in [0.05, 0.1) is 101 Å². The number of nitrogens with two attached hydrogens (primary N) is 2. The minimum atomic E-state index is -4.09. The monoisotopic (exact) mass is 2070 g/mol. The van der Waals surface area contributed by atoms with Crippen LogP contribution in [0.4, 0.5) is 0 Å². The lowest BCUT2D eigenvalue weighted by atomic mass is 9.79. The van der Waals surface area contributed by atoms with Crippen molar-refractivity contribution in [2.75, 3.05) is 145 Å². The molecule has 0 spiro atoms. The zero-order valence-electron chi connectivity index (χ0n) is 93.0. The average Bonchev–Trinajstić information content (AvgIpc) is 0.873. The fourth-order valence-corrected chi connectivity index (χ4v) is 12.7. The van der Waals surface area contributed by atoms with Gasteiger partial charge in [0.25, 0.3) is 0 Å². The summed E-state index contributed by atoms with van der Waals surface area (Å²) in [6, 6.07) is 15.3. The topological polar surface area (TPSA) is 546 Å². The Balaban J connectivity index is -0.000000380. The molecular weight excluding hydrogens is 1870 g/mol. The van der Waals surface area contributed by atoms with E-state index in [2.05, 4.69) is 101 Å². The largest absolute Gasteiger partial charge is 0.748 e. The molecule has 0 radical (unpaired) electrons. The van der Waals surface area contributed by atoms with Crippen LogP contribution in [0.15, 0.2) is 72.8 Å². The molecule has 0 aliphatic heterocycles. The number of ether oxygens (including phenoxy) is 2. The van der Waals surface area contributed by atoms with Crippen molar-refractivity contribution in [1.29, 1.82) is 0 Å². The van der Waals surface area contributed by atoms with Crippen LogP contribution >= 0.6 is 0 Å². The summed E-state index contributed by atoms with van der Waals surface area (Å²) in [5.41, 5.74) is 13.3. The number of unbranched alkanes of at least 4 members (excludes halogenated alkanes) is 2. The van der Waals surface area contributed by atoms with Gasteiger partial charge < -0.3 is 91.2 Å². The number of carboxylic acid groups (broad SMARTS) is 2. The first-order valence-corrected chi connectivity index (χ1v) is 54.0. The number of aliphatic carboxylic acids is 2. The first-order valence-electron chi connectivity index (χ1n) is 50.9. The van der Waals surface area contributed by atoms with Gasteiger partial charge in [0.1, 0.15) is 11.6 Å². The summed E-state index contributed by atoms with van der Waals surface area (Å²) in [5, 5.41) is 52.5. The van der Waals surface area contributed by atoms with Gasteiger partial charge in [-0.05, 0) is 151 Å². The van der Waals surface area contributed by atoms with E-state index in [0.29, 0.717) is 164 Å². The molecule has 14 N–H and O–H groups in total. The number of ketones is 2. The number of hydrogen-bond acceptors (Lipinski definition) is 25. The molecule has 2 atom stereocenters. The molecule has 6 amide bonds. The predicted molar refractivity (Wildman–Crippen MR) is 570 cm³/mol. The normalized spacial score (nSPS) is 12.0. The summed E-state index contributed by atoms with van der Waals surface area (Å²) < 4.78 is 74.6. The van der Waals surface area contributed by atoms with Gasteiger partial charge in [-0.3, -0.25) is 52.8 Å². The molecule has 143 heavy (non-hydrogen) atoms. The molecule has 38 heteroatoms. The molecule has 2 aromatic rings. The predicted octanol–water partition coefficient (Wildman–Crippen LogP) is 12.3. The fraction of sp³-hybridized carbons (Fsp3) is 0.733. The third kappa shape index (κ3) is 78.5. The van der Waals surface area contributed by atoms with Crippen LogP contribution in [0.2, 0.25) is 0 Å². The summed E-state index contributed by atoms with van der Waals surface area (Å²) in [6.45, 7) is 61.9. The lowest BCUT2D eigenvalue weighted by molar-refractivity contribution is -0.890. The number of hydrogen-bond donors (Lipinski definition) is 12. The summed E-state index contributed by atoms with van der Waals surface area (Å²) in [4.78, 5) is 138. The highest BCUT2D eigenvalue weighted by molar-refractivity contribution is 7.85. The Bertz CT molecular complexity index is 4040. The van der Waals surface area contributed by atoms with Crippen LogP contribution in [0.25, 0.3) is 0 Å². The molecule has 0 aliphatic rings. The molecule has 0 saturated heterocycles. The fourth-order valence-electron chi connectivity index (χ4n) is 11.6. The van der Waals surface area contributed by atoms with E-state index >= 15 is 0 Å². The van der Waals surface area contributed by atoms with Crippen LogP contribution in [0, 0.1) is 32.5 Å². The van der Waals surface area contributed by atoms with E-state index in [1.54, 1.807) is 26.0 Å². The summed E-state index contributed by atoms with van der Waals surface area (Å²) in [5.74, 6) is -1.81. The van der Waals surface area contributed by atoms with Gasteiger partial charge in [-0.25, -0.2) is 26.4 Å². The van der Waals surface area contributed by atoms with Gasteiger partial charge in [0.15, 0.2) is 0 Å². The molecule has 828 valence electrons. The molecule has 0 aromatic heterocycles. The number of esters is 2. The highest BCUT2D eigenvalue weighted by Crippen LogP contribution is 2.26. The molecule has 2 rings (SSSR count). The van der Waals surface area contributed by atoms with Crippen molar-refractivity contribution < 1.29 is 122 Å². The van der Waals surface area contributed by atoms with Crippen LogP contribution in [0.3, 0.4) is 0 Å². The van der Waals surface area contributed by atoms with Crippen LogP contribution in [0.1, 0.15) is 336 Å². The smallest absolute Gasteiger partial charge is 0.488 e. The number of amides is 6. The van der Waals surface area contributed by atoms with E-state index in [1.165, 1.54) is 16.0 Å². The van der Waals surface area contributed by atoms with Crippen molar-refractivity contribution >= 4 is 104 Å². The van der Waals surface area contributed by atoms with Gasteiger partial charge in [0.2, 0.25) is 35.4 Å². The Morgan fingerprint density at radius 2 is 0.650 bits per heavy atom. The number of benzene rings is 2. The zero-order chi connectivity index (χ0) is 112. The summed E-state index contributed by atoms with van der Waals surface area (Å²) in [7, 11) is -1.25. The summed E-state index contributed by atoms with van der Waals surface area (Å²) >= 11 is 0. The second-order valence-corrected chi connectivity index (χ2v) is 44.7. The maximum atomic E-state index is 11.9. The third-order valence-corrected chi connectivity index (χ3v) is 26.6. The zero-order valence-corrected chi connectivity index (χ0v) is 94.7. The van der Waals surface area contributed by atoms with Crippen molar-refractivity contribution in [1.82, 2.24) is 36.8 Å². The van der Waals surface area contributed by atoms with Gasteiger partial charge >= 0.3 is 31.0 Å². The van der Waals surface area contributed by atoms with E-state index in [9.17, 15) is 83.5 Å². The molecule has 0 aliphatic carbocycles. The van der Waals surface area contributed by atoms with Crippen LogP contribution in [0.5, 0.6) is 0 Å². The second kappa shape index (κ2) is 77.0. The number of quaternary nitrogens is 2. The van der Waals surface area contributed by atoms with Crippen molar-refractivity contribution in [3.8, 4) is 0 Å². The Hall–Kier alpha value is -8.44. The van der Waals surface area contributed by atoms with Crippen LogP contribution in [-0.2, 0) is 93.8 Å². The molecule has 0 fully saturated rings. The van der Waals surface area contributed by atoms with E-state index in [4.69, 9.17) is 41.2 Å². The molecule has 0 saturated carbocycles. The minimum Gasteiger partial charge on any atom is -0.748 e. The van der Waals surface area contributed by atoms with E-state index < -0.39 is 51.2 Å². The Morgan fingerprint density at radius 3 is 0.881 bits per heavy atom. The number of carbonyl (C=O) groups is 12. The van der Waals surface area contributed by atoms with Gasteiger partial charge in [-0.2, -0.15) is 0 Å². The lowest BCUT2D eigenvalue weighted by Gasteiger charge is -2.30. The van der Waals surface area contributed by atoms with Gasteiger partial charge in [-0.15, -0.1) is 0 Å². The van der Waals surface area contributed by atoms with Crippen molar-refractivity contribution in [3.63, 3.8) is 0 Å². The Morgan fingerprint density at radius 1 is 0.406 bits per heavy atom. The summed E-state index contributed by atoms with van der Waals surface area (Å²) in [6.07, 6.45) is 15.0. The van der Waals surface area contributed by atoms with Crippen molar-refractivity contribution in [2.24, 2.45) is 44.0 Å². The second-order valence-electron chi connectivity index (χ2n) is 41.6. The van der Waals surface area contributed by atoms with E-state index in [-0.39, 0.29) is 117 Å². The maximum absolute atomic E-state index is 11.9. The Kier molecular flexibility index (Phi) is 78.2. The highest BCUT2D eigenvalue weighted by Gasteiger charge is 2.31. The number of nitrogens with one attached hydrogen (secondary N) is 6. The number of nitrogens with zero attached hydrogens (tertiary/aromatic N) is 3. The standard InChI is InChI=1S/2C17H29NO4.2C15H32N2O4S.C15H21NO4.C10H15BO2.2C8H18N2O/c2*1-6-17(4,5)16(21)18-11-7-9-14(19)10-8-12-22-15(20)13(2)3;2*1-6-15(2,3)14(18)16-10-9-12-17(4,5)11-7-8-13-22(19,20)21;1-3-11(2)13-6-4-12(5-7-13)8-16(9-14(17)18)10-15(19)20;1-3-8(2)9-4-6-10(7-5-9)11(12)13;2*1-4-8(2,3)7(11)10-6-5-9/h2*2,6-12H2,1,3-5H3,(H,18,21);2*6-13H2,1-5H3,(H-,16,18,19,20,21);4-7,11H,3,8-10H2,1-2H3,(H,17,18)(H,19,20);4-8,12-13H,3H2,1-2H3;2*4-6,9H2,1-3H3,(H,10,11). The van der Waals surface area contributed by atoms with Gasteiger partial charge in [-0.1, -0.05) is 214 Å². The molecule has 2 unspecified atom stereocenters. The molecule has 2 aromatic carbocycles. The van der Waals surface area contributed by atoms with E-state index in [0.717, 1.165) is 105 Å². The van der Waals surface area contributed by atoms with Gasteiger partial charge in [0, 0.05) is 153 Å². The molecular formula is C105H194BN11O24S2. The Labute approximate surface area is 861 Å². The molecule has 35 nitrogen and oxygen atoms in total. The number of rotatable bonds is 63. The van der Waals surface area contributed by atoms with Crippen molar-refractivity contribution in [3.05, 3.63) is 89.5 Å². The molecule has 0 bridgehead atoms. The quantitative estimate of drug-likeness (QED) is 0.00731. The number of carbonyl (C=O) groups excluding carboxylic acids is 10. The first-order chi connectivity index (χ1) is 65.8. The first kappa shape index (κ1) is 145.